The first-order valence-electron chi connectivity index (χ1n) is 11.2. The minimum Gasteiger partial charge on any atom is -0.466 e. The predicted molar refractivity (Wildman–Crippen MR) is 118 cm³/mol. The van der Waals surface area contributed by atoms with Crippen LogP contribution in [0.3, 0.4) is 0 Å². The van der Waals surface area contributed by atoms with Crippen LogP contribution in [0.2, 0.25) is 0 Å². The largest absolute Gasteiger partial charge is 0.466 e. The lowest BCUT2D eigenvalue weighted by atomic mass is 9.97. The van der Waals surface area contributed by atoms with Gasteiger partial charge in [0.2, 0.25) is 0 Å². The van der Waals surface area contributed by atoms with Crippen molar-refractivity contribution in [3.05, 3.63) is 18.6 Å². The Labute approximate surface area is 182 Å². The second-order valence-electron chi connectivity index (χ2n) is 7.73. The highest BCUT2D eigenvalue weighted by molar-refractivity contribution is 5.87. The van der Waals surface area contributed by atoms with Crippen LogP contribution >= 0.6 is 0 Å². The van der Waals surface area contributed by atoms with Gasteiger partial charge in [0.1, 0.15) is 17.8 Å². The maximum Gasteiger partial charge on any atom is 0.309 e. The number of nitrogens with zero attached hydrogens (tertiary/aromatic N) is 3. The number of aromatic nitrogens is 3. The van der Waals surface area contributed by atoms with E-state index in [-0.39, 0.29) is 23.8 Å². The SMILES string of the molecule is CCOC(=O)C1CCN(c2ncnc3[nH]ccc23)CC1.CCOC(=O)C1CCNCC1. The van der Waals surface area contributed by atoms with E-state index in [9.17, 15) is 9.59 Å². The van der Waals surface area contributed by atoms with Crippen LogP contribution in [0.25, 0.3) is 11.0 Å². The van der Waals surface area contributed by atoms with Gasteiger partial charge in [-0.05, 0) is 58.7 Å². The average molecular weight is 432 g/mol. The number of hydrogen-bond acceptors (Lipinski definition) is 8. The normalized spacial score (nSPS) is 17.7. The molecule has 0 atom stereocenters. The van der Waals surface area contributed by atoms with Gasteiger partial charge < -0.3 is 24.7 Å². The molecule has 0 radical (unpaired) electrons. The smallest absolute Gasteiger partial charge is 0.309 e. The van der Waals surface area contributed by atoms with Gasteiger partial charge in [-0.15, -0.1) is 0 Å². The molecule has 2 aromatic heterocycles. The molecule has 0 unspecified atom stereocenters. The molecular formula is C22H33N5O4. The zero-order valence-corrected chi connectivity index (χ0v) is 18.4. The molecule has 9 nitrogen and oxygen atoms in total. The molecule has 0 bridgehead atoms. The molecule has 2 N–H and O–H groups in total. The van der Waals surface area contributed by atoms with Crippen molar-refractivity contribution in [3.8, 4) is 0 Å². The number of carbonyl (C=O) groups is 2. The second kappa shape index (κ2) is 11.6. The maximum absolute atomic E-state index is 11.7. The summed E-state index contributed by atoms with van der Waals surface area (Å²) in [7, 11) is 0. The van der Waals surface area contributed by atoms with Crippen LogP contribution in [0.15, 0.2) is 18.6 Å². The first kappa shape index (κ1) is 23.0. The van der Waals surface area contributed by atoms with Crippen molar-refractivity contribution >= 4 is 28.8 Å². The van der Waals surface area contributed by atoms with Crippen LogP contribution in [0.5, 0.6) is 0 Å². The summed E-state index contributed by atoms with van der Waals surface area (Å²) < 4.78 is 10.0. The first-order valence-corrected chi connectivity index (χ1v) is 11.2. The van der Waals surface area contributed by atoms with E-state index >= 15 is 0 Å². The summed E-state index contributed by atoms with van der Waals surface area (Å²) in [4.78, 5) is 36.8. The highest BCUT2D eigenvalue weighted by Crippen LogP contribution is 2.27. The van der Waals surface area contributed by atoms with E-state index in [4.69, 9.17) is 9.47 Å². The van der Waals surface area contributed by atoms with Gasteiger partial charge in [-0.2, -0.15) is 0 Å². The van der Waals surface area contributed by atoms with Crippen LogP contribution in [0.4, 0.5) is 5.82 Å². The van der Waals surface area contributed by atoms with Crippen LogP contribution in [-0.4, -0.2) is 66.3 Å². The van der Waals surface area contributed by atoms with Gasteiger partial charge in [-0.25, -0.2) is 9.97 Å². The monoisotopic (exact) mass is 431 g/mol. The third-order valence-corrected chi connectivity index (χ3v) is 5.71. The standard InChI is InChI=1S/C14H18N4O2.C8H15NO2/c1-2-20-14(19)10-4-7-18(8-5-10)13-11-3-6-15-12(11)16-9-17-13;1-2-11-8(10)7-3-5-9-6-4-7/h3,6,9-10H,2,4-5,7-8H2,1H3,(H,15,16,17);7,9H,2-6H2,1H3. The Morgan fingerprint density at radius 1 is 1.00 bits per heavy atom. The van der Waals surface area contributed by atoms with Gasteiger partial charge in [0.15, 0.2) is 0 Å². The predicted octanol–water partition coefficient (Wildman–Crippen LogP) is 2.29. The van der Waals surface area contributed by atoms with Crippen LogP contribution in [-0.2, 0) is 19.1 Å². The summed E-state index contributed by atoms with van der Waals surface area (Å²) in [6.07, 6.45) is 6.93. The molecule has 0 saturated carbocycles. The molecule has 4 rings (SSSR count). The van der Waals surface area contributed by atoms with E-state index < -0.39 is 0 Å². The zero-order valence-electron chi connectivity index (χ0n) is 18.4. The van der Waals surface area contributed by atoms with E-state index in [1.165, 1.54) is 0 Å². The fourth-order valence-electron chi connectivity index (χ4n) is 4.02. The number of rotatable bonds is 5. The van der Waals surface area contributed by atoms with Gasteiger partial charge in [0.25, 0.3) is 0 Å². The number of carbonyl (C=O) groups excluding carboxylic acids is 2. The van der Waals surface area contributed by atoms with E-state index in [2.05, 4.69) is 25.2 Å². The Kier molecular flexibility index (Phi) is 8.63. The first-order chi connectivity index (χ1) is 15.1. The number of nitrogens with one attached hydrogen (secondary N) is 2. The summed E-state index contributed by atoms with van der Waals surface area (Å²) in [5.74, 6) is 1.03. The second-order valence-corrected chi connectivity index (χ2v) is 7.73. The Morgan fingerprint density at radius 3 is 2.23 bits per heavy atom. The molecule has 2 saturated heterocycles. The Hall–Kier alpha value is -2.68. The summed E-state index contributed by atoms with van der Waals surface area (Å²) in [6.45, 7) is 8.18. The van der Waals surface area contributed by atoms with Crippen molar-refractivity contribution in [2.45, 2.75) is 39.5 Å². The number of piperidine rings is 2. The van der Waals surface area contributed by atoms with Crippen LogP contribution in [0.1, 0.15) is 39.5 Å². The maximum atomic E-state index is 11.7. The number of hydrogen-bond donors (Lipinski definition) is 2. The molecule has 2 aliphatic rings. The molecular weight excluding hydrogens is 398 g/mol. The topological polar surface area (TPSA) is 109 Å². The molecule has 0 aliphatic carbocycles. The molecule has 31 heavy (non-hydrogen) atoms. The molecule has 0 aromatic carbocycles. The van der Waals surface area contributed by atoms with Gasteiger partial charge >= 0.3 is 11.9 Å². The van der Waals surface area contributed by atoms with E-state index in [0.29, 0.717) is 13.2 Å². The van der Waals surface area contributed by atoms with Gasteiger partial charge in [0, 0.05) is 19.3 Å². The van der Waals surface area contributed by atoms with Crippen molar-refractivity contribution in [2.24, 2.45) is 11.8 Å². The van der Waals surface area contributed by atoms with Crippen molar-refractivity contribution in [3.63, 3.8) is 0 Å². The number of aromatic amines is 1. The Bertz CT molecular complexity index is 841. The number of fused-ring (bicyclic) bond motifs is 1. The zero-order chi connectivity index (χ0) is 22.1. The quantitative estimate of drug-likeness (QED) is 0.694. The van der Waals surface area contributed by atoms with Crippen molar-refractivity contribution in [2.75, 3.05) is 44.3 Å². The third kappa shape index (κ3) is 6.16. The van der Waals surface area contributed by atoms with Gasteiger partial charge in [0.05, 0.1) is 30.4 Å². The lowest BCUT2D eigenvalue weighted by molar-refractivity contribution is -0.149. The van der Waals surface area contributed by atoms with E-state index in [0.717, 1.165) is 68.7 Å². The van der Waals surface area contributed by atoms with E-state index in [1.807, 2.05) is 26.1 Å². The molecule has 9 heteroatoms. The molecule has 0 spiro atoms. The minimum atomic E-state index is -0.0679. The third-order valence-electron chi connectivity index (χ3n) is 5.71. The minimum absolute atomic E-state index is 0.0194. The van der Waals surface area contributed by atoms with E-state index in [1.54, 1.807) is 6.33 Å². The molecule has 2 aliphatic heterocycles. The Balaban J connectivity index is 0.000000210. The lowest BCUT2D eigenvalue weighted by Crippen LogP contribution is -2.37. The Morgan fingerprint density at radius 2 is 1.61 bits per heavy atom. The number of anilines is 1. The molecule has 2 aromatic rings. The molecule has 0 amide bonds. The summed E-state index contributed by atoms with van der Waals surface area (Å²) in [6, 6.07) is 1.99. The molecule has 2 fully saturated rings. The number of esters is 2. The van der Waals surface area contributed by atoms with Crippen LogP contribution in [0, 0.1) is 11.8 Å². The van der Waals surface area contributed by atoms with Crippen molar-refractivity contribution in [1.29, 1.82) is 0 Å². The van der Waals surface area contributed by atoms with Gasteiger partial charge in [-0.3, -0.25) is 9.59 Å². The fraction of sp³-hybridized carbons (Fsp3) is 0.636. The fourth-order valence-corrected chi connectivity index (χ4v) is 4.02. The lowest BCUT2D eigenvalue weighted by Gasteiger charge is -2.31. The van der Waals surface area contributed by atoms with Crippen molar-refractivity contribution < 1.29 is 19.1 Å². The number of H-pyrrole nitrogens is 1. The number of ether oxygens (including phenoxy) is 2. The average Bonchev–Trinajstić information content (AvgIpc) is 3.30. The summed E-state index contributed by atoms with van der Waals surface area (Å²) >= 11 is 0. The molecule has 170 valence electrons. The summed E-state index contributed by atoms with van der Waals surface area (Å²) in [5, 5.41) is 4.23. The van der Waals surface area contributed by atoms with Gasteiger partial charge in [-0.1, -0.05) is 0 Å². The summed E-state index contributed by atoms with van der Waals surface area (Å²) in [5.41, 5.74) is 0.850. The highest BCUT2D eigenvalue weighted by atomic mass is 16.5. The van der Waals surface area contributed by atoms with Crippen LogP contribution < -0.4 is 10.2 Å². The highest BCUT2D eigenvalue weighted by Gasteiger charge is 2.27. The molecule has 4 heterocycles. The van der Waals surface area contributed by atoms with Crippen molar-refractivity contribution in [1.82, 2.24) is 20.3 Å².